The Bertz CT molecular complexity index is 1260. The van der Waals surface area contributed by atoms with E-state index in [9.17, 15) is 13.6 Å². The van der Waals surface area contributed by atoms with Crippen molar-refractivity contribution in [2.24, 2.45) is 5.92 Å². The molecule has 2 aromatic heterocycles. The van der Waals surface area contributed by atoms with Gasteiger partial charge in [0.1, 0.15) is 22.7 Å². The highest BCUT2D eigenvalue weighted by Gasteiger charge is 2.41. The van der Waals surface area contributed by atoms with Crippen LogP contribution in [0.15, 0.2) is 49.3 Å². The molecule has 0 N–H and O–H groups in total. The van der Waals surface area contributed by atoms with Crippen LogP contribution in [0.1, 0.15) is 48.0 Å². The normalized spacial score (nSPS) is 17.6. The first-order chi connectivity index (χ1) is 16.9. The molecule has 0 radical (unpaired) electrons. The lowest BCUT2D eigenvalue weighted by Gasteiger charge is -2.34. The van der Waals surface area contributed by atoms with Gasteiger partial charge in [-0.3, -0.25) is 9.20 Å². The minimum absolute atomic E-state index is 0.0263. The van der Waals surface area contributed by atoms with Crippen molar-refractivity contribution in [2.45, 2.75) is 44.1 Å². The van der Waals surface area contributed by atoms with Crippen LogP contribution in [0.2, 0.25) is 0 Å². The smallest absolute Gasteiger partial charge is 0.257 e. The van der Waals surface area contributed by atoms with Gasteiger partial charge in [-0.05, 0) is 48.2 Å². The highest BCUT2D eigenvalue weighted by molar-refractivity contribution is 6.02. The summed E-state index contributed by atoms with van der Waals surface area (Å²) < 4.78 is 46.9. The van der Waals surface area contributed by atoms with Crippen LogP contribution in [0, 0.1) is 5.92 Å². The molecule has 3 heterocycles. The molecule has 1 aliphatic carbocycles. The van der Waals surface area contributed by atoms with Gasteiger partial charge in [-0.2, -0.15) is 4.39 Å². The molecule has 1 unspecified atom stereocenters. The predicted octanol–water partition coefficient (Wildman–Crippen LogP) is 5.83. The fraction of sp³-hybridized carbons (Fsp3) is 0.407. The molecular weight excluding hydrogens is 454 g/mol. The van der Waals surface area contributed by atoms with Gasteiger partial charge in [0.05, 0.1) is 32.2 Å². The van der Waals surface area contributed by atoms with Crippen LogP contribution >= 0.6 is 0 Å². The van der Waals surface area contributed by atoms with Gasteiger partial charge in [-0.1, -0.05) is 25.8 Å². The van der Waals surface area contributed by atoms with Crippen molar-refractivity contribution in [1.29, 1.82) is 0 Å². The van der Waals surface area contributed by atoms with E-state index >= 15 is 0 Å². The number of Topliss-reactive ketones (excluding diaryl/α,β-unsaturated/α-hetero) is 1. The summed E-state index contributed by atoms with van der Waals surface area (Å²) in [6, 6.07) is 6.71. The third-order valence-corrected chi connectivity index (χ3v) is 6.69. The number of pyridine rings is 1. The molecule has 3 aromatic rings. The summed E-state index contributed by atoms with van der Waals surface area (Å²) in [5, 5.41) is 0. The van der Waals surface area contributed by atoms with E-state index in [1.807, 2.05) is 0 Å². The van der Waals surface area contributed by atoms with E-state index in [0.717, 1.165) is 24.8 Å². The largest absolute Gasteiger partial charge is 0.496 e. The Labute approximate surface area is 202 Å². The SMILES string of the molecule is C=CC(F)Oc1cc(-c2cnc3cc(C4(F)COC4)ccn23)cc(OC)c1C(=O)CCCC1CC1. The van der Waals surface area contributed by atoms with Gasteiger partial charge in [-0.25, -0.2) is 9.37 Å². The van der Waals surface area contributed by atoms with Crippen LogP contribution in [0.4, 0.5) is 8.78 Å². The van der Waals surface area contributed by atoms with Crippen LogP contribution in [0.3, 0.4) is 0 Å². The summed E-state index contributed by atoms with van der Waals surface area (Å²) in [6.45, 7) is 3.49. The molecule has 1 saturated heterocycles. The van der Waals surface area contributed by atoms with Crippen molar-refractivity contribution in [3.8, 4) is 22.8 Å². The zero-order valence-corrected chi connectivity index (χ0v) is 19.6. The molecule has 0 amide bonds. The van der Waals surface area contributed by atoms with Crippen LogP contribution < -0.4 is 9.47 Å². The van der Waals surface area contributed by atoms with E-state index in [0.29, 0.717) is 34.6 Å². The number of halogens is 2. The van der Waals surface area contributed by atoms with Crippen LogP contribution in [-0.2, 0) is 10.4 Å². The summed E-state index contributed by atoms with van der Waals surface area (Å²) >= 11 is 0. The topological polar surface area (TPSA) is 62.1 Å². The number of fused-ring (bicyclic) bond motifs is 1. The maximum Gasteiger partial charge on any atom is 0.257 e. The number of hydrogen-bond donors (Lipinski definition) is 0. The number of carbonyl (C=O) groups is 1. The quantitative estimate of drug-likeness (QED) is 0.254. The van der Waals surface area contributed by atoms with Gasteiger partial charge < -0.3 is 14.2 Å². The highest BCUT2D eigenvalue weighted by atomic mass is 19.1. The number of benzene rings is 1. The van der Waals surface area contributed by atoms with E-state index in [1.54, 1.807) is 41.1 Å². The minimum atomic E-state index is -1.79. The summed E-state index contributed by atoms with van der Waals surface area (Å²) in [5.74, 6) is 0.952. The number of ether oxygens (including phenoxy) is 3. The van der Waals surface area contributed by atoms with Gasteiger partial charge in [0, 0.05) is 18.2 Å². The summed E-state index contributed by atoms with van der Waals surface area (Å²) in [7, 11) is 1.46. The second-order valence-electron chi connectivity index (χ2n) is 9.26. The third-order valence-electron chi connectivity index (χ3n) is 6.69. The molecule has 1 aliphatic heterocycles. The zero-order valence-electron chi connectivity index (χ0n) is 19.6. The lowest BCUT2D eigenvalue weighted by atomic mass is 9.95. The van der Waals surface area contributed by atoms with E-state index in [2.05, 4.69) is 11.6 Å². The summed E-state index contributed by atoms with van der Waals surface area (Å²) in [4.78, 5) is 17.5. The van der Waals surface area contributed by atoms with E-state index < -0.39 is 12.0 Å². The van der Waals surface area contributed by atoms with E-state index in [4.69, 9.17) is 14.2 Å². The standard InChI is InChI=1S/C27H28F2N2O4/c1-3-24(28)35-23-12-18(11-22(33-2)26(23)21(32)6-4-5-17-7-8-17)20-14-30-25-13-19(9-10-31(20)25)27(29)15-34-16-27/h3,9-14,17,24H,1,4-8,15-16H2,2H3. The predicted molar refractivity (Wildman–Crippen MR) is 127 cm³/mol. The molecule has 0 bridgehead atoms. The first-order valence-corrected chi connectivity index (χ1v) is 11.8. The van der Waals surface area contributed by atoms with Gasteiger partial charge in [0.15, 0.2) is 11.5 Å². The molecule has 1 aromatic carbocycles. The Morgan fingerprint density at radius 1 is 1.34 bits per heavy atom. The van der Waals surface area contributed by atoms with Gasteiger partial charge in [0.25, 0.3) is 6.36 Å². The van der Waals surface area contributed by atoms with Crippen molar-refractivity contribution in [3.05, 3.63) is 60.4 Å². The number of alkyl halides is 2. The second kappa shape index (κ2) is 9.41. The Hall–Kier alpha value is -3.26. The Morgan fingerprint density at radius 2 is 2.11 bits per heavy atom. The first-order valence-electron chi connectivity index (χ1n) is 11.8. The molecule has 5 rings (SSSR count). The van der Waals surface area contributed by atoms with Crippen molar-refractivity contribution in [3.63, 3.8) is 0 Å². The lowest BCUT2D eigenvalue weighted by Crippen LogP contribution is -2.42. The molecule has 8 heteroatoms. The Morgan fingerprint density at radius 3 is 2.77 bits per heavy atom. The fourth-order valence-corrected chi connectivity index (χ4v) is 4.44. The minimum Gasteiger partial charge on any atom is -0.496 e. The van der Waals surface area contributed by atoms with Gasteiger partial charge in [0.2, 0.25) is 0 Å². The first kappa shape index (κ1) is 23.5. The average molecular weight is 483 g/mol. The second-order valence-corrected chi connectivity index (χ2v) is 9.26. The number of ketones is 1. The Kier molecular flexibility index (Phi) is 6.32. The molecule has 1 atom stereocenters. The highest BCUT2D eigenvalue weighted by Crippen LogP contribution is 2.39. The number of imidazole rings is 1. The molecule has 2 aliphatic rings. The molecule has 1 saturated carbocycles. The van der Waals surface area contributed by atoms with Crippen LogP contribution in [-0.4, -0.2) is 41.8 Å². The number of rotatable bonds is 11. The third kappa shape index (κ3) is 4.67. The molecule has 0 spiro atoms. The zero-order chi connectivity index (χ0) is 24.6. The van der Waals surface area contributed by atoms with E-state index in [1.165, 1.54) is 20.0 Å². The number of aromatic nitrogens is 2. The van der Waals surface area contributed by atoms with Crippen molar-refractivity contribution in [2.75, 3.05) is 20.3 Å². The maximum atomic E-state index is 14.8. The summed E-state index contributed by atoms with van der Waals surface area (Å²) in [6.07, 6.45) is 7.17. The van der Waals surface area contributed by atoms with Crippen LogP contribution in [0.25, 0.3) is 16.9 Å². The molecule has 2 fully saturated rings. The lowest BCUT2D eigenvalue weighted by molar-refractivity contribution is -0.135. The fourth-order valence-electron chi connectivity index (χ4n) is 4.44. The Balaban J connectivity index is 1.52. The maximum absolute atomic E-state index is 14.8. The number of nitrogens with zero attached hydrogens (tertiary/aromatic N) is 2. The van der Waals surface area contributed by atoms with Crippen molar-refractivity contribution < 1.29 is 27.8 Å². The molecule has 184 valence electrons. The molecule has 6 nitrogen and oxygen atoms in total. The number of carbonyl (C=O) groups excluding carboxylic acids is 1. The van der Waals surface area contributed by atoms with Gasteiger partial charge in [-0.15, -0.1) is 0 Å². The van der Waals surface area contributed by atoms with Crippen LogP contribution in [0.5, 0.6) is 11.5 Å². The number of methoxy groups -OCH3 is 1. The summed E-state index contributed by atoms with van der Waals surface area (Å²) in [5.41, 5.74) is 1.06. The van der Waals surface area contributed by atoms with Crippen molar-refractivity contribution in [1.82, 2.24) is 9.38 Å². The van der Waals surface area contributed by atoms with Gasteiger partial charge >= 0.3 is 0 Å². The molecule has 35 heavy (non-hydrogen) atoms. The number of hydrogen-bond acceptors (Lipinski definition) is 5. The average Bonchev–Trinajstić information content (AvgIpc) is 3.57. The monoisotopic (exact) mass is 482 g/mol. The van der Waals surface area contributed by atoms with Crippen molar-refractivity contribution >= 4 is 11.4 Å². The molecular formula is C27H28F2N2O4. The van der Waals surface area contributed by atoms with E-state index in [-0.39, 0.29) is 30.3 Å².